The molecule has 0 heterocycles. The highest BCUT2D eigenvalue weighted by Gasteiger charge is 2.29. The minimum atomic E-state index is -0.473. The van der Waals surface area contributed by atoms with Crippen LogP contribution in [-0.2, 0) is 4.79 Å². The summed E-state index contributed by atoms with van der Waals surface area (Å²) in [4.78, 5) is 11.8. The lowest BCUT2D eigenvalue weighted by atomic mass is 9.86. The van der Waals surface area contributed by atoms with E-state index in [0.29, 0.717) is 0 Å². The number of aliphatic hydroxyl groups is 1. The van der Waals surface area contributed by atoms with E-state index in [0.717, 1.165) is 25.7 Å². The van der Waals surface area contributed by atoms with Crippen LogP contribution < -0.4 is 11.1 Å². The van der Waals surface area contributed by atoms with Gasteiger partial charge in [0.25, 0.3) is 0 Å². The van der Waals surface area contributed by atoms with Crippen LogP contribution in [0, 0.1) is 5.41 Å². The highest BCUT2D eigenvalue weighted by Crippen LogP contribution is 2.20. The third-order valence-electron chi connectivity index (χ3n) is 3.26. The molecule has 1 aliphatic carbocycles. The summed E-state index contributed by atoms with van der Waals surface area (Å²) in [7, 11) is 0. The fourth-order valence-corrected chi connectivity index (χ4v) is 1.90. The Morgan fingerprint density at radius 2 is 1.81 bits per heavy atom. The van der Waals surface area contributed by atoms with Gasteiger partial charge in [-0.25, -0.2) is 0 Å². The lowest BCUT2D eigenvalue weighted by Gasteiger charge is -2.30. The van der Waals surface area contributed by atoms with Gasteiger partial charge in [0.2, 0.25) is 5.91 Å². The Morgan fingerprint density at radius 1 is 1.31 bits per heavy atom. The predicted octanol–water partition coefficient (Wildman–Crippen LogP) is 0.779. The summed E-state index contributed by atoms with van der Waals surface area (Å²) >= 11 is 0. The van der Waals surface area contributed by atoms with Gasteiger partial charge in [0.15, 0.2) is 0 Å². The highest BCUT2D eigenvalue weighted by molar-refractivity contribution is 5.82. The van der Waals surface area contributed by atoms with Crippen molar-refractivity contribution in [2.75, 3.05) is 0 Å². The molecule has 0 aromatic rings. The standard InChI is InChI=1S/C12H24N2O2/c1-12(2,3)10(13)11(16)14-8-4-6-9(15)7-5-8/h8-10,15H,4-7,13H2,1-3H3,(H,14,16)/t8?,9?,10-/m0/s1. The molecule has 4 nitrogen and oxygen atoms in total. The molecule has 0 aliphatic heterocycles. The lowest BCUT2D eigenvalue weighted by molar-refractivity contribution is -0.125. The zero-order valence-corrected chi connectivity index (χ0v) is 10.5. The van der Waals surface area contributed by atoms with Crippen LogP contribution in [0.15, 0.2) is 0 Å². The molecule has 4 heteroatoms. The topological polar surface area (TPSA) is 75.4 Å². The molecule has 0 spiro atoms. The van der Waals surface area contributed by atoms with Gasteiger partial charge in [-0.15, -0.1) is 0 Å². The normalized spacial score (nSPS) is 28.6. The van der Waals surface area contributed by atoms with Crippen molar-refractivity contribution < 1.29 is 9.90 Å². The first kappa shape index (κ1) is 13.5. The summed E-state index contributed by atoms with van der Waals surface area (Å²) in [6.45, 7) is 5.88. The Hall–Kier alpha value is -0.610. The maximum atomic E-state index is 11.8. The fourth-order valence-electron chi connectivity index (χ4n) is 1.90. The van der Waals surface area contributed by atoms with E-state index in [4.69, 9.17) is 5.73 Å². The van der Waals surface area contributed by atoms with Crippen LogP contribution >= 0.6 is 0 Å². The van der Waals surface area contributed by atoms with Gasteiger partial charge in [-0.3, -0.25) is 4.79 Å². The van der Waals surface area contributed by atoms with Crippen molar-refractivity contribution in [3.63, 3.8) is 0 Å². The first-order valence-electron chi connectivity index (χ1n) is 6.04. The molecule has 0 aromatic carbocycles. The van der Waals surface area contributed by atoms with Gasteiger partial charge in [0, 0.05) is 6.04 Å². The summed E-state index contributed by atoms with van der Waals surface area (Å²) in [6.07, 6.45) is 3.06. The van der Waals surface area contributed by atoms with E-state index in [2.05, 4.69) is 5.32 Å². The molecule has 1 rings (SSSR count). The van der Waals surface area contributed by atoms with Crippen LogP contribution in [0.3, 0.4) is 0 Å². The number of carbonyl (C=O) groups excluding carboxylic acids is 1. The average molecular weight is 228 g/mol. The Morgan fingerprint density at radius 3 is 2.25 bits per heavy atom. The van der Waals surface area contributed by atoms with Gasteiger partial charge >= 0.3 is 0 Å². The molecule has 0 unspecified atom stereocenters. The van der Waals surface area contributed by atoms with Crippen molar-refractivity contribution in [2.45, 2.75) is 64.6 Å². The Balaban J connectivity index is 2.40. The molecular weight excluding hydrogens is 204 g/mol. The molecule has 0 radical (unpaired) electrons. The number of carbonyl (C=O) groups is 1. The quantitative estimate of drug-likeness (QED) is 0.654. The van der Waals surface area contributed by atoms with Crippen LogP contribution in [0.2, 0.25) is 0 Å². The molecule has 1 atom stereocenters. The van der Waals surface area contributed by atoms with E-state index >= 15 is 0 Å². The average Bonchev–Trinajstić information content (AvgIpc) is 2.19. The van der Waals surface area contributed by atoms with E-state index in [1.54, 1.807) is 0 Å². The summed E-state index contributed by atoms with van der Waals surface area (Å²) < 4.78 is 0. The van der Waals surface area contributed by atoms with Crippen LogP contribution in [0.5, 0.6) is 0 Å². The lowest BCUT2D eigenvalue weighted by Crippen LogP contribution is -2.52. The van der Waals surface area contributed by atoms with Gasteiger partial charge < -0.3 is 16.2 Å². The molecule has 1 fully saturated rings. The van der Waals surface area contributed by atoms with Crippen molar-refractivity contribution in [3.8, 4) is 0 Å². The second-order valence-electron chi connectivity index (χ2n) is 5.86. The maximum Gasteiger partial charge on any atom is 0.237 e. The van der Waals surface area contributed by atoms with Gasteiger partial charge in [-0.1, -0.05) is 20.8 Å². The molecule has 0 saturated heterocycles. The third-order valence-corrected chi connectivity index (χ3v) is 3.26. The molecule has 4 N–H and O–H groups in total. The van der Waals surface area contributed by atoms with Crippen LogP contribution in [-0.4, -0.2) is 29.2 Å². The Kier molecular flexibility index (Phi) is 4.33. The minimum Gasteiger partial charge on any atom is -0.393 e. The molecule has 1 aliphatic rings. The number of hydrogen-bond donors (Lipinski definition) is 3. The van der Waals surface area contributed by atoms with E-state index in [1.807, 2.05) is 20.8 Å². The Labute approximate surface area is 97.6 Å². The van der Waals surface area contributed by atoms with E-state index in [9.17, 15) is 9.90 Å². The number of aliphatic hydroxyl groups excluding tert-OH is 1. The molecule has 1 amide bonds. The second-order valence-corrected chi connectivity index (χ2v) is 5.86. The molecule has 94 valence electrons. The number of amides is 1. The number of hydrogen-bond acceptors (Lipinski definition) is 3. The minimum absolute atomic E-state index is 0.0751. The largest absolute Gasteiger partial charge is 0.393 e. The van der Waals surface area contributed by atoms with Crippen LogP contribution in [0.4, 0.5) is 0 Å². The molecule has 1 saturated carbocycles. The van der Waals surface area contributed by atoms with Gasteiger partial charge in [-0.2, -0.15) is 0 Å². The third kappa shape index (κ3) is 3.76. The summed E-state index contributed by atoms with van der Waals surface area (Å²) in [6, 6.07) is -0.288. The predicted molar refractivity (Wildman–Crippen MR) is 63.8 cm³/mol. The zero-order valence-electron chi connectivity index (χ0n) is 10.5. The van der Waals surface area contributed by atoms with Crippen molar-refractivity contribution in [2.24, 2.45) is 11.1 Å². The monoisotopic (exact) mass is 228 g/mol. The Bertz CT molecular complexity index is 240. The number of nitrogens with two attached hydrogens (primary N) is 1. The van der Waals surface area contributed by atoms with Crippen LogP contribution in [0.25, 0.3) is 0 Å². The van der Waals surface area contributed by atoms with E-state index in [-0.39, 0.29) is 23.5 Å². The zero-order chi connectivity index (χ0) is 12.3. The first-order chi connectivity index (χ1) is 7.30. The van der Waals surface area contributed by atoms with Crippen molar-refractivity contribution in [1.29, 1.82) is 0 Å². The van der Waals surface area contributed by atoms with E-state index < -0.39 is 6.04 Å². The number of rotatable bonds is 2. The van der Waals surface area contributed by atoms with E-state index in [1.165, 1.54) is 0 Å². The van der Waals surface area contributed by atoms with Crippen LogP contribution in [0.1, 0.15) is 46.5 Å². The second kappa shape index (κ2) is 5.15. The molecule has 0 bridgehead atoms. The summed E-state index contributed by atoms with van der Waals surface area (Å²) in [5.41, 5.74) is 5.67. The fraction of sp³-hybridized carbons (Fsp3) is 0.917. The van der Waals surface area contributed by atoms with Gasteiger partial charge in [0.05, 0.1) is 12.1 Å². The SMILES string of the molecule is CC(C)(C)[C@@H](N)C(=O)NC1CCC(O)CC1. The van der Waals surface area contributed by atoms with Crippen molar-refractivity contribution >= 4 is 5.91 Å². The molecule has 16 heavy (non-hydrogen) atoms. The summed E-state index contributed by atoms with van der Waals surface area (Å²) in [5.74, 6) is -0.0751. The van der Waals surface area contributed by atoms with Gasteiger partial charge in [0.1, 0.15) is 0 Å². The van der Waals surface area contributed by atoms with Crippen molar-refractivity contribution in [3.05, 3.63) is 0 Å². The highest BCUT2D eigenvalue weighted by atomic mass is 16.3. The molecule has 0 aromatic heterocycles. The van der Waals surface area contributed by atoms with Crippen molar-refractivity contribution in [1.82, 2.24) is 5.32 Å². The molecular formula is C12H24N2O2. The smallest absolute Gasteiger partial charge is 0.237 e. The number of nitrogens with one attached hydrogen (secondary N) is 1. The maximum absolute atomic E-state index is 11.8. The first-order valence-corrected chi connectivity index (χ1v) is 6.04. The van der Waals surface area contributed by atoms with Gasteiger partial charge in [-0.05, 0) is 31.1 Å². The summed E-state index contributed by atoms with van der Waals surface area (Å²) in [5, 5.41) is 12.3.